The van der Waals surface area contributed by atoms with E-state index >= 15 is 0 Å². The van der Waals surface area contributed by atoms with Gasteiger partial charge in [-0.25, -0.2) is 12.8 Å². The summed E-state index contributed by atoms with van der Waals surface area (Å²) in [6.07, 6.45) is 0.799. The van der Waals surface area contributed by atoms with Crippen molar-refractivity contribution in [2.75, 3.05) is 13.1 Å². The number of sulfonamides is 1. The van der Waals surface area contributed by atoms with Crippen LogP contribution in [0.15, 0.2) is 29.2 Å². The lowest BCUT2D eigenvalue weighted by molar-refractivity contribution is -0.134. The van der Waals surface area contributed by atoms with Gasteiger partial charge in [0.1, 0.15) is 16.8 Å². The van der Waals surface area contributed by atoms with Gasteiger partial charge in [-0.3, -0.25) is 4.79 Å². The summed E-state index contributed by atoms with van der Waals surface area (Å²) >= 11 is 0. The van der Waals surface area contributed by atoms with E-state index in [0.717, 1.165) is 12.5 Å². The number of likely N-dealkylation sites (tertiary alicyclic amines) is 1. The summed E-state index contributed by atoms with van der Waals surface area (Å²) in [7, 11) is -4.14. The van der Waals surface area contributed by atoms with Gasteiger partial charge in [0.15, 0.2) is 0 Å². The molecule has 0 saturated carbocycles. The molecule has 26 heavy (non-hydrogen) atoms. The van der Waals surface area contributed by atoms with Crippen molar-refractivity contribution in [2.45, 2.75) is 44.2 Å². The van der Waals surface area contributed by atoms with E-state index in [0.29, 0.717) is 13.1 Å². The number of nitrogens with one attached hydrogen (secondary N) is 1. The minimum Gasteiger partial charge on any atom is -0.338 e. The molecule has 0 spiro atoms. The van der Waals surface area contributed by atoms with Crippen LogP contribution >= 0.6 is 12.4 Å². The van der Waals surface area contributed by atoms with E-state index in [9.17, 15) is 17.6 Å². The second-order valence-corrected chi connectivity index (χ2v) is 8.63. The highest BCUT2D eigenvalue weighted by atomic mass is 35.5. The number of halogens is 2. The van der Waals surface area contributed by atoms with E-state index < -0.39 is 26.8 Å². The fraction of sp³-hybridized carbons (Fsp3) is 0.588. The molecule has 0 aliphatic carbocycles. The molecule has 1 aliphatic heterocycles. The Hall–Kier alpha value is -1.22. The molecule has 1 aliphatic rings. The molecule has 3 atom stereocenters. The fourth-order valence-electron chi connectivity index (χ4n) is 3.16. The molecule has 3 unspecified atom stereocenters. The van der Waals surface area contributed by atoms with Gasteiger partial charge < -0.3 is 10.6 Å². The molecule has 3 N–H and O–H groups in total. The van der Waals surface area contributed by atoms with Gasteiger partial charge >= 0.3 is 0 Å². The molecule has 1 amide bonds. The molecule has 2 rings (SSSR count). The van der Waals surface area contributed by atoms with Gasteiger partial charge in [0.25, 0.3) is 0 Å². The maximum Gasteiger partial charge on any atom is 0.244 e. The lowest BCUT2D eigenvalue weighted by Crippen LogP contribution is -2.52. The van der Waals surface area contributed by atoms with Crippen LogP contribution in [0.25, 0.3) is 0 Å². The highest BCUT2D eigenvalue weighted by Crippen LogP contribution is 2.25. The Bertz CT molecular complexity index is 730. The standard InChI is InChI=1S/C17H26FN3O3S.ClH/c1-11(2)16(17(22)21-10-13(9-19)8-12(21)3)20-25(23,24)15-7-5-4-6-14(15)18;/h4-7,11-13,16,20H,8-10,19H2,1-3H3;1H. The molecule has 1 saturated heterocycles. The molecule has 148 valence electrons. The number of carbonyl (C=O) groups excluding carboxylic acids is 1. The Balaban J connectivity index is 0.00000338. The van der Waals surface area contributed by atoms with Gasteiger partial charge in [0.2, 0.25) is 15.9 Å². The molecule has 6 nitrogen and oxygen atoms in total. The van der Waals surface area contributed by atoms with Gasteiger partial charge in [-0.1, -0.05) is 26.0 Å². The zero-order valence-corrected chi connectivity index (χ0v) is 16.8. The summed E-state index contributed by atoms with van der Waals surface area (Å²) in [5, 5.41) is 0. The average Bonchev–Trinajstić information content (AvgIpc) is 2.93. The third-order valence-electron chi connectivity index (χ3n) is 4.62. The fourth-order valence-corrected chi connectivity index (χ4v) is 4.58. The summed E-state index contributed by atoms with van der Waals surface area (Å²) in [5.41, 5.74) is 5.70. The van der Waals surface area contributed by atoms with Crippen molar-refractivity contribution in [1.82, 2.24) is 9.62 Å². The van der Waals surface area contributed by atoms with Crippen LogP contribution in [0.1, 0.15) is 27.2 Å². The monoisotopic (exact) mass is 407 g/mol. The predicted octanol–water partition coefficient (Wildman–Crippen LogP) is 1.75. The van der Waals surface area contributed by atoms with Crippen LogP contribution in [-0.4, -0.2) is 44.4 Å². The Morgan fingerprint density at radius 1 is 1.38 bits per heavy atom. The normalized spacial score (nSPS) is 21.5. The number of benzene rings is 1. The molecular weight excluding hydrogens is 381 g/mol. The van der Waals surface area contributed by atoms with Crippen LogP contribution in [0, 0.1) is 17.7 Å². The zero-order chi connectivity index (χ0) is 18.8. The van der Waals surface area contributed by atoms with E-state index in [2.05, 4.69) is 4.72 Å². The molecule has 1 aromatic rings. The largest absolute Gasteiger partial charge is 0.338 e. The lowest BCUT2D eigenvalue weighted by Gasteiger charge is -2.29. The van der Waals surface area contributed by atoms with Gasteiger partial charge in [0.05, 0.1) is 0 Å². The van der Waals surface area contributed by atoms with Crippen molar-refractivity contribution in [3.63, 3.8) is 0 Å². The first-order chi connectivity index (χ1) is 11.7. The predicted molar refractivity (Wildman–Crippen MR) is 101 cm³/mol. The molecule has 1 fully saturated rings. The van der Waals surface area contributed by atoms with Crippen molar-refractivity contribution >= 4 is 28.3 Å². The molecule has 1 heterocycles. The van der Waals surface area contributed by atoms with Crippen molar-refractivity contribution in [2.24, 2.45) is 17.6 Å². The highest BCUT2D eigenvalue weighted by molar-refractivity contribution is 7.89. The number of hydrogen-bond acceptors (Lipinski definition) is 4. The number of hydrogen-bond donors (Lipinski definition) is 2. The van der Waals surface area contributed by atoms with Gasteiger partial charge in [-0.05, 0) is 43.9 Å². The second kappa shape index (κ2) is 9.12. The van der Waals surface area contributed by atoms with E-state index in [1.54, 1.807) is 18.7 Å². The molecule has 1 aromatic carbocycles. The van der Waals surface area contributed by atoms with Gasteiger partial charge in [0, 0.05) is 12.6 Å². The first kappa shape index (κ1) is 22.8. The molecule has 9 heteroatoms. The van der Waals surface area contributed by atoms with Crippen molar-refractivity contribution in [1.29, 1.82) is 0 Å². The zero-order valence-electron chi connectivity index (χ0n) is 15.2. The molecule has 0 radical (unpaired) electrons. The first-order valence-electron chi connectivity index (χ1n) is 8.44. The summed E-state index contributed by atoms with van der Waals surface area (Å²) < 4.78 is 41.4. The maximum atomic E-state index is 13.9. The van der Waals surface area contributed by atoms with E-state index in [4.69, 9.17) is 5.73 Å². The minimum atomic E-state index is -4.14. The highest BCUT2D eigenvalue weighted by Gasteiger charge is 2.38. The van der Waals surface area contributed by atoms with Crippen LogP contribution in [-0.2, 0) is 14.8 Å². The van der Waals surface area contributed by atoms with Crippen LogP contribution in [0.5, 0.6) is 0 Å². The SMILES string of the molecule is CC(C)C(NS(=O)(=O)c1ccccc1F)C(=O)N1CC(CN)CC1C.Cl. The van der Waals surface area contributed by atoms with Crippen LogP contribution in [0.3, 0.4) is 0 Å². The van der Waals surface area contributed by atoms with Crippen LogP contribution in [0.2, 0.25) is 0 Å². The summed E-state index contributed by atoms with van der Waals surface area (Å²) in [6, 6.07) is 4.16. The Morgan fingerprint density at radius 2 is 2.00 bits per heavy atom. The summed E-state index contributed by atoms with van der Waals surface area (Å²) in [6.45, 7) is 6.44. The second-order valence-electron chi connectivity index (χ2n) is 6.95. The lowest BCUT2D eigenvalue weighted by atomic mass is 10.0. The average molecular weight is 408 g/mol. The molecular formula is C17H27ClFN3O3S. The summed E-state index contributed by atoms with van der Waals surface area (Å²) in [5.74, 6) is -1.20. The number of nitrogens with two attached hydrogens (primary N) is 1. The van der Waals surface area contributed by atoms with E-state index in [1.165, 1.54) is 18.2 Å². The third-order valence-corrected chi connectivity index (χ3v) is 6.09. The molecule has 0 bridgehead atoms. The number of amides is 1. The van der Waals surface area contributed by atoms with Gasteiger partial charge in [-0.2, -0.15) is 4.72 Å². The maximum absolute atomic E-state index is 13.9. The van der Waals surface area contributed by atoms with Crippen molar-refractivity contribution < 1.29 is 17.6 Å². The topological polar surface area (TPSA) is 92.5 Å². The Kier molecular flexibility index (Phi) is 8.01. The number of carbonyl (C=O) groups is 1. The Morgan fingerprint density at radius 3 is 2.50 bits per heavy atom. The van der Waals surface area contributed by atoms with Crippen LogP contribution in [0.4, 0.5) is 4.39 Å². The quantitative estimate of drug-likeness (QED) is 0.751. The summed E-state index contributed by atoms with van der Waals surface area (Å²) in [4.78, 5) is 14.1. The van der Waals surface area contributed by atoms with Crippen LogP contribution < -0.4 is 10.5 Å². The number of nitrogens with zero attached hydrogens (tertiary/aromatic N) is 1. The first-order valence-corrected chi connectivity index (χ1v) is 9.93. The van der Waals surface area contributed by atoms with Gasteiger partial charge in [-0.15, -0.1) is 12.4 Å². The van der Waals surface area contributed by atoms with Crippen molar-refractivity contribution in [3.05, 3.63) is 30.1 Å². The number of rotatable bonds is 6. The smallest absolute Gasteiger partial charge is 0.244 e. The minimum absolute atomic E-state index is 0. The Labute approximate surface area is 160 Å². The third kappa shape index (κ3) is 4.94. The van der Waals surface area contributed by atoms with Crippen molar-refractivity contribution in [3.8, 4) is 0 Å². The van der Waals surface area contributed by atoms with E-state index in [1.807, 2.05) is 6.92 Å². The molecule has 0 aromatic heterocycles. The van der Waals surface area contributed by atoms with E-state index in [-0.39, 0.29) is 36.2 Å².